The van der Waals surface area contributed by atoms with Crippen LogP contribution in [0.15, 0.2) is 68.6 Å². The summed E-state index contributed by atoms with van der Waals surface area (Å²) in [6.07, 6.45) is -4.59. The van der Waals surface area contributed by atoms with Crippen molar-refractivity contribution in [2.45, 2.75) is 38.8 Å². The highest BCUT2D eigenvalue weighted by Crippen LogP contribution is 2.31. The Morgan fingerprint density at radius 2 is 1.57 bits per heavy atom. The van der Waals surface area contributed by atoms with Crippen LogP contribution in [0.4, 0.5) is 27.6 Å². The second-order valence-corrected chi connectivity index (χ2v) is 10.6. The molecule has 1 aliphatic heterocycles. The molecule has 1 saturated heterocycles. The maximum atomic E-state index is 14.6. The van der Waals surface area contributed by atoms with Crippen molar-refractivity contribution in [3.05, 3.63) is 115 Å². The van der Waals surface area contributed by atoms with Crippen LogP contribution in [0.2, 0.25) is 0 Å². The van der Waals surface area contributed by atoms with Gasteiger partial charge in [0.15, 0.2) is 0 Å². The van der Waals surface area contributed by atoms with Crippen molar-refractivity contribution in [2.75, 3.05) is 31.1 Å². The third-order valence-corrected chi connectivity index (χ3v) is 7.76. The Hall–Kier alpha value is -4.43. The van der Waals surface area contributed by atoms with E-state index in [-0.39, 0.29) is 54.6 Å². The zero-order valence-electron chi connectivity index (χ0n) is 23.7. The van der Waals surface area contributed by atoms with Crippen molar-refractivity contribution in [3.63, 3.8) is 0 Å². The number of halogens is 5. The minimum atomic E-state index is -4.59. The van der Waals surface area contributed by atoms with E-state index in [1.54, 1.807) is 23.1 Å². The van der Waals surface area contributed by atoms with Crippen LogP contribution in [-0.4, -0.2) is 45.3 Å². The number of benzene rings is 2. The molecule has 9 nitrogen and oxygen atoms in total. The standard InChI is InChI=1S/C30H30F5N5O4/c1-18-27(38-13-11-37(12-14-38)15-19-9-10-26(44-19)30(33,34)35)28(42)40(17-24(36)20-5-2-3-8-25(20)41)29(43)39(18)16-21-22(31)6-4-7-23(21)32/h2-10,24,41H,11-17,36H2,1H3/t24-/m0/s1. The second-order valence-electron chi connectivity index (χ2n) is 10.6. The Kier molecular flexibility index (Phi) is 8.66. The van der Waals surface area contributed by atoms with Gasteiger partial charge in [-0.05, 0) is 37.3 Å². The van der Waals surface area contributed by atoms with Crippen LogP contribution in [0.3, 0.4) is 0 Å². The monoisotopic (exact) mass is 619 g/mol. The van der Waals surface area contributed by atoms with E-state index in [1.165, 1.54) is 25.1 Å². The number of phenolic OH excluding ortho intramolecular Hbond substituents is 1. The van der Waals surface area contributed by atoms with Gasteiger partial charge < -0.3 is 20.2 Å². The Morgan fingerprint density at radius 3 is 2.18 bits per heavy atom. The van der Waals surface area contributed by atoms with E-state index in [2.05, 4.69) is 0 Å². The van der Waals surface area contributed by atoms with Crippen LogP contribution in [0.5, 0.6) is 5.75 Å². The van der Waals surface area contributed by atoms with E-state index in [1.807, 2.05) is 4.90 Å². The Morgan fingerprint density at radius 1 is 0.909 bits per heavy atom. The van der Waals surface area contributed by atoms with Gasteiger partial charge in [-0.25, -0.2) is 13.6 Å². The predicted molar refractivity (Wildman–Crippen MR) is 151 cm³/mol. The number of aromatic hydroxyl groups is 1. The average molecular weight is 620 g/mol. The lowest BCUT2D eigenvalue weighted by atomic mass is 10.1. The maximum absolute atomic E-state index is 14.6. The number of aromatic nitrogens is 2. The number of hydrogen-bond acceptors (Lipinski definition) is 7. The highest BCUT2D eigenvalue weighted by Gasteiger charge is 2.35. The molecule has 1 fully saturated rings. The number of phenols is 1. The number of piperazine rings is 1. The van der Waals surface area contributed by atoms with Crippen LogP contribution < -0.4 is 21.9 Å². The molecular weight excluding hydrogens is 589 g/mol. The molecule has 234 valence electrons. The summed E-state index contributed by atoms with van der Waals surface area (Å²) in [5, 5.41) is 10.3. The van der Waals surface area contributed by atoms with Gasteiger partial charge in [-0.15, -0.1) is 0 Å². The van der Waals surface area contributed by atoms with Gasteiger partial charge in [0.25, 0.3) is 5.56 Å². The first-order valence-corrected chi connectivity index (χ1v) is 13.8. The lowest BCUT2D eigenvalue weighted by Gasteiger charge is -2.36. The van der Waals surface area contributed by atoms with Crippen LogP contribution >= 0.6 is 0 Å². The predicted octanol–water partition coefficient (Wildman–Crippen LogP) is 3.98. The molecule has 0 bridgehead atoms. The van der Waals surface area contributed by atoms with Gasteiger partial charge in [-0.3, -0.25) is 18.8 Å². The number of furan rings is 1. The van der Waals surface area contributed by atoms with E-state index in [4.69, 9.17) is 10.2 Å². The summed E-state index contributed by atoms with van der Waals surface area (Å²) in [5.74, 6) is -2.78. The normalized spacial score (nSPS) is 15.1. The molecule has 3 N–H and O–H groups in total. The average Bonchev–Trinajstić information content (AvgIpc) is 3.45. The van der Waals surface area contributed by atoms with Crippen molar-refractivity contribution in [1.29, 1.82) is 0 Å². The lowest BCUT2D eigenvalue weighted by Crippen LogP contribution is -2.51. The number of para-hydroxylation sites is 1. The molecule has 0 aliphatic carbocycles. The fourth-order valence-corrected chi connectivity index (χ4v) is 5.40. The van der Waals surface area contributed by atoms with Gasteiger partial charge in [0, 0.05) is 43.0 Å². The summed E-state index contributed by atoms with van der Waals surface area (Å²) in [6, 6.07) is 10.7. The molecule has 0 unspecified atom stereocenters. The molecule has 0 radical (unpaired) electrons. The molecule has 2 aromatic carbocycles. The Bertz CT molecular complexity index is 1750. The SMILES string of the molecule is Cc1c(N2CCN(Cc3ccc(C(F)(F)F)o3)CC2)c(=O)n(C[C@H](N)c2ccccc2O)c(=O)n1Cc1c(F)cccc1F. The van der Waals surface area contributed by atoms with Gasteiger partial charge in [-0.2, -0.15) is 13.2 Å². The number of nitrogens with two attached hydrogens (primary N) is 1. The molecule has 5 rings (SSSR count). The molecule has 44 heavy (non-hydrogen) atoms. The van der Waals surface area contributed by atoms with Gasteiger partial charge >= 0.3 is 11.9 Å². The van der Waals surface area contributed by atoms with Crippen molar-refractivity contribution in [2.24, 2.45) is 5.73 Å². The first-order chi connectivity index (χ1) is 20.8. The van der Waals surface area contributed by atoms with Crippen LogP contribution in [0, 0.1) is 18.6 Å². The summed E-state index contributed by atoms with van der Waals surface area (Å²) in [4.78, 5) is 31.2. The van der Waals surface area contributed by atoms with Crippen molar-refractivity contribution in [1.82, 2.24) is 14.0 Å². The lowest BCUT2D eigenvalue weighted by molar-refractivity contribution is -0.153. The van der Waals surface area contributed by atoms with Crippen LogP contribution in [0.1, 0.15) is 34.4 Å². The molecule has 2 aromatic heterocycles. The third kappa shape index (κ3) is 6.26. The Labute approximate surface area is 248 Å². The fourth-order valence-electron chi connectivity index (χ4n) is 5.40. The van der Waals surface area contributed by atoms with Crippen LogP contribution in [-0.2, 0) is 25.8 Å². The molecular formula is C30H30F5N5O4. The molecule has 1 atom stereocenters. The number of alkyl halides is 3. The number of anilines is 1. The molecule has 0 amide bonds. The summed E-state index contributed by atoms with van der Waals surface area (Å²) in [7, 11) is 0. The maximum Gasteiger partial charge on any atom is 0.449 e. The van der Waals surface area contributed by atoms with E-state index in [9.17, 15) is 36.6 Å². The first kappa shape index (κ1) is 31.0. The topological polar surface area (TPSA) is 110 Å². The minimum absolute atomic E-state index is 0.120. The van der Waals surface area contributed by atoms with E-state index in [0.29, 0.717) is 18.7 Å². The molecule has 0 saturated carbocycles. The summed E-state index contributed by atoms with van der Waals surface area (Å²) >= 11 is 0. The number of nitrogens with zero attached hydrogens (tertiary/aromatic N) is 4. The van der Waals surface area contributed by atoms with E-state index in [0.717, 1.165) is 27.3 Å². The molecule has 1 aliphatic rings. The van der Waals surface area contributed by atoms with E-state index < -0.39 is 47.4 Å². The number of rotatable bonds is 8. The zero-order valence-corrected chi connectivity index (χ0v) is 23.7. The zero-order chi connectivity index (χ0) is 31.8. The van der Waals surface area contributed by atoms with Crippen molar-refractivity contribution in [3.8, 4) is 5.75 Å². The van der Waals surface area contributed by atoms with Gasteiger partial charge in [0.1, 0.15) is 28.8 Å². The number of hydrogen-bond donors (Lipinski definition) is 2. The smallest absolute Gasteiger partial charge is 0.449 e. The summed E-state index contributed by atoms with van der Waals surface area (Å²) in [5.41, 5.74) is 5.07. The summed E-state index contributed by atoms with van der Waals surface area (Å²) in [6.45, 7) is 2.03. The van der Waals surface area contributed by atoms with Crippen molar-refractivity contribution >= 4 is 5.69 Å². The quantitative estimate of drug-likeness (QED) is 0.287. The highest BCUT2D eigenvalue weighted by molar-refractivity contribution is 5.50. The first-order valence-electron chi connectivity index (χ1n) is 13.8. The Balaban J connectivity index is 1.48. The second kappa shape index (κ2) is 12.3. The van der Waals surface area contributed by atoms with Crippen LogP contribution in [0.25, 0.3) is 0 Å². The van der Waals surface area contributed by atoms with Gasteiger partial charge in [0.2, 0.25) is 5.76 Å². The van der Waals surface area contributed by atoms with Gasteiger partial charge in [0.05, 0.1) is 25.7 Å². The van der Waals surface area contributed by atoms with Gasteiger partial charge in [-0.1, -0.05) is 24.3 Å². The minimum Gasteiger partial charge on any atom is -0.508 e. The third-order valence-electron chi connectivity index (χ3n) is 7.76. The van der Waals surface area contributed by atoms with Crippen molar-refractivity contribution < 1.29 is 31.5 Å². The molecule has 14 heteroatoms. The fraction of sp³-hybridized carbons (Fsp3) is 0.333. The molecule has 3 heterocycles. The van der Waals surface area contributed by atoms with E-state index >= 15 is 0 Å². The molecule has 4 aromatic rings. The summed E-state index contributed by atoms with van der Waals surface area (Å²) < 4.78 is 75.0. The highest BCUT2D eigenvalue weighted by atomic mass is 19.4. The largest absolute Gasteiger partial charge is 0.508 e. The molecule has 0 spiro atoms.